The van der Waals surface area contributed by atoms with Crippen LogP contribution in [0.4, 0.5) is 0 Å². The molecular formula is C7H8N4OS. The summed E-state index contributed by atoms with van der Waals surface area (Å²) < 4.78 is 0. The second kappa shape index (κ2) is 3.29. The van der Waals surface area contributed by atoms with Crippen LogP contribution >= 0.6 is 11.8 Å². The number of thioether (sulfide) groups is 1. The molecule has 0 aromatic heterocycles. The van der Waals surface area contributed by atoms with Gasteiger partial charge in [0.25, 0.3) is 0 Å². The largest absolute Gasteiger partial charge is 0.328 e. The Morgan fingerprint density at radius 2 is 2.46 bits per heavy atom. The summed E-state index contributed by atoms with van der Waals surface area (Å²) in [6.45, 7) is 4.03. The van der Waals surface area contributed by atoms with Crippen LogP contribution in [0, 0.1) is 0 Å². The second-order valence-corrected chi connectivity index (χ2v) is 3.78. The van der Waals surface area contributed by atoms with Gasteiger partial charge in [-0.05, 0) is 0 Å². The number of aliphatic imine (C=N–C) groups is 1. The summed E-state index contributed by atoms with van der Waals surface area (Å²) in [5.74, 6) is 1.14. The summed E-state index contributed by atoms with van der Waals surface area (Å²) in [5.41, 5.74) is 0.738. The lowest BCUT2D eigenvalue weighted by Gasteiger charge is -2.21. The van der Waals surface area contributed by atoms with E-state index in [2.05, 4.69) is 27.1 Å². The van der Waals surface area contributed by atoms with Gasteiger partial charge in [-0.25, -0.2) is 4.99 Å². The lowest BCUT2D eigenvalue weighted by molar-refractivity contribution is -0.118. The van der Waals surface area contributed by atoms with E-state index in [-0.39, 0.29) is 11.2 Å². The van der Waals surface area contributed by atoms with E-state index in [4.69, 9.17) is 0 Å². The molecule has 0 radical (unpaired) electrons. The Bertz CT molecular complexity index is 322. The number of amidine groups is 1. The zero-order chi connectivity index (χ0) is 9.26. The smallest absolute Gasteiger partial charge is 0.245 e. The van der Waals surface area contributed by atoms with E-state index in [0.717, 1.165) is 5.70 Å². The molecule has 2 aliphatic heterocycles. The molecule has 1 fully saturated rings. The molecular weight excluding hydrogens is 188 g/mol. The SMILES string of the molecule is C=C1CSC(C2=NCN=N2)C(=O)N1. The van der Waals surface area contributed by atoms with E-state index in [1.807, 2.05) is 0 Å². The predicted octanol–water partition coefficient (Wildman–Crippen LogP) is 0.553. The van der Waals surface area contributed by atoms with Crippen LogP contribution in [0.25, 0.3) is 0 Å². The van der Waals surface area contributed by atoms with Crippen LogP contribution in [-0.2, 0) is 4.79 Å². The number of rotatable bonds is 1. The van der Waals surface area contributed by atoms with Gasteiger partial charge in [-0.1, -0.05) is 6.58 Å². The minimum absolute atomic E-state index is 0.0964. The third-order valence-corrected chi connectivity index (χ3v) is 2.94. The first kappa shape index (κ1) is 8.43. The zero-order valence-corrected chi connectivity index (χ0v) is 7.67. The average Bonchev–Trinajstić information content (AvgIpc) is 2.56. The molecule has 1 amide bonds. The molecule has 2 aliphatic rings. The molecule has 0 spiro atoms. The highest BCUT2D eigenvalue weighted by Gasteiger charge is 2.30. The molecule has 13 heavy (non-hydrogen) atoms. The molecule has 0 aromatic rings. The Morgan fingerprint density at radius 1 is 1.62 bits per heavy atom. The highest BCUT2D eigenvalue weighted by molar-refractivity contribution is 8.01. The first-order chi connectivity index (χ1) is 6.27. The van der Waals surface area contributed by atoms with Gasteiger partial charge in [0.15, 0.2) is 12.5 Å². The molecule has 1 N–H and O–H groups in total. The van der Waals surface area contributed by atoms with Crippen LogP contribution in [0.5, 0.6) is 0 Å². The van der Waals surface area contributed by atoms with Crippen molar-refractivity contribution in [1.82, 2.24) is 5.32 Å². The highest BCUT2D eigenvalue weighted by Crippen LogP contribution is 2.22. The van der Waals surface area contributed by atoms with Gasteiger partial charge in [-0.3, -0.25) is 4.79 Å². The van der Waals surface area contributed by atoms with Crippen LogP contribution in [0.2, 0.25) is 0 Å². The predicted molar refractivity (Wildman–Crippen MR) is 50.7 cm³/mol. The van der Waals surface area contributed by atoms with Gasteiger partial charge in [-0.2, -0.15) is 5.11 Å². The molecule has 5 nitrogen and oxygen atoms in total. The summed E-state index contributed by atoms with van der Waals surface area (Å²) >= 11 is 1.48. The first-order valence-electron chi connectivity index (χ1n) is 3.79. The molecule has 0 saturated carbocycles. The summed E-state index contributed by atoms with van der Waals surface area (Å²) in [6.07, 6.45) is 0. The number of nitrogens with zero attached hydrogens (tertiary/aromatic N) is 3. The van der Waals surface area contributed by atoms with Crippen molar-refractivity contribution in [2.45, 2.75) is 5.25 Å². The molecule has 68 valence electrons. The van der Waals surface area contributed by atoms with E-state index >= 15 is 0 Å². The van der Waals surface area contributed by atoms with Crippen molar-refractivity contribution in [3.8, 4) is 0 Å². The van der Waals surface area contributed by atoms with Crippen molar-refractivity contribution in [1.29, 1.82) is 0 Å². The Hall–Kier alpha value is -1.17. The van der Waals surface area contributed by atoms with Gasteiger partial charge in [-0.15, -0.1) is 16.9 Å². The van der Waals surface area contributed by atoms with Gasteiger partial charge in [0.2, 0.25) is 5.91 Å². The van der Waals surface area contributed by atoms with Crippen molar-refractivity contribution < 1.29 is 4.79 Å². The Morgan fingerprint density at radius 3 is 3.08 bits per heavy atom. The molecule has 2 heterocycles. The zero-order valence-electron chi connectivity index (χ0n) is 6.86. The molecule has 0 aromatic carbocycles. The molecule has 1 saturated heterocycles. The van der Waals surface area contributed by atoms with E-state index in [1.165, 1.54) is 11.8 Å². The van der Waals surface area contributed by atoms with E-state index in [9.17, 15) is 4.79 Å². The van der Waals surface area contributed by atoms with Gasteiger partial charge in [0.05, 0.1) is 0 Å². The number of azo groups is 1. The van der Waals surface area contributed by atoms with Crippen LogP contribution in [0.1, 0.15) is 0 Å². The molecule has 1 atom stereocenters. The summed E-state index contributed by atoms with van der Waals surface area (Å²) in [4.78, 5) is 15.4. The maximum atomic E-state index is 11.4. The van der Waals surface area contributed by atoms with Gasteiger partial charge < -0.3 is 5.32 Å². The summed E-state index contributed by atoms with van der Waals surface area (Å²) in [7, 11) is 0. The third kappa shape index (κ3) is 1.62. The second-order valence-electron chi connectivity index (χ2n) is 2.68. The number of carbonyl (C=O) groups excluding carboxylic acids is 1. The van der Waals surface area contributed by atoms with Crippen molar-refractivity contribution in [2.24, 2.45) is 15.2 Å². The number of amides is 1. The van der Waals surface area contributed by atoms with Crippen molar-refractivity contribution in [3.05, 3.63) is 12.3 Å². The lowest BCUT2D eigenvalue weighted by atomic mass is 10.3. The third-order valence-electron chi connectivity index (χ3n) is 1.67. The molecule has 1 unspecified atom stereocenters. The summed E-state index contributed by atoms with van der Waals surface area (Å²) in [6, 6.07) is 0. The molecule has 2 rings (SSSR count). The van der Waals surface area contributed by atoms with E-state index < -0.39 is 0 Å². The number of carbonyl (C=O) groups is 1. The maximum absolute atomic E-state index is 11.4. The molecule has 0 bridgehead atoms. The Labute approximate surface area is 79.4 Å². The van der Waals surface area contributed by atoms with Crippen LogP contribution in [-0.4, -0.2) is 29.4 Å². The quantitative estimate of drug-likeness (QED) is 0.665. The van der Waals surface area contributed by atoms with Crippen LogP contribution < -0.4 is 5.32 Å². The van der Waals surface area contributed by atoms with Gasteiger partial charge >= 0.3 is 0 Å². The lowest BCUT2D eigenvalue weighted by Crippen LogP contribution is -2.41. The standard InChI is InChI=1S/C7H8N4OS/c1-4-2-13-5(7(12)10-4)6-8-3-9-11-6/h5H,1-3H2,(H,10,12). The number of nitrogens with one attached hydrogen (secondary N) is 1. The Kier molecular flexibility index (Phi) is 2.13. The van der Waals surface area contributed by atoms with Crippen molar-refractivity contribution >= 4 is 23.5 Å². The van der Waals surface area contributed by atoms with E-state index in [0.29, 0.717) is 18.3 Å². The minimum atomic E-state index is -0.309. The van der Waals surface area contributed by atoms with Crippen molar-refractivity contribution in [3.63, 3.8) is 0 Å². The van der Waals surface area contributed by atoms with Gasteiger partial charge in [0.1, 0.15) is 5.25 Å². The first-order valence-corrected chi connectivity index (χ1v) is 4.84. The molecule has 6 heteroatoms. The monoisotopic (exact) mass is 196 g/mol. The van der Waals surface area contributed by atoms with Gasteiger partial charge in [0, 0.05) is 11.4 Å². The fraction of sp³-hybridized carbons (Fsp3) is 0.429. The maximum Gasteiger partial charge on any atom is 0.245 e. The topological polar surface area (TPSA) is 66.2 Å². The molecule has 0 aliphatic carbocycles. The normalized spacial score (nSPS) is 27.4. The van der Waals surface area contributed by atoms with Crippen LogP contribution in [0.3, 0.4) is 0 Å². The summed E-state index contributed by atoms with van der Waals surface area (Å²) in [5, 5.41) is 9.86. The minimum Gasteiger partial charge on any atom is -0.328 e. The number of hydrogen-bond acceptors (Lipinski definition) is 5. The fourth-order valence-corrected chi connectivity index (χ4v) is 2.02. The van der Waals surface area contributed by atoms with Crippen molar-refractivity contribution in [2.75, 3.05) is 12.4 Å². The fourth-order valence-electron chi connectivity index (χ4n) is 1.10. The van der Waals surface area contributed by atoms with E-state index in [1.54, 1.807) is 0 Å². The highest BCUT2D eigenvalue weighted by atomic mass is 32.2. The Balaban J connectivity index is 2.12. The number of hydrogen-bond donors (Lipinski definition) is 1. The van der Waals surface area contributed by atoms with Crippen LogP contribution in [0.15, 0.2) is 27.5 Å². The average molecular weight is 196 g/mol.